The lowest BCUT2D eigenvalue weighted by Gasteiger charge is -2.19. The van der Waals surface area contributed by atoms with Crippen molar-refractivity contribution in [1.29, 1.82) is 0 Å². The number of hydrogen-bond donors (Lipinski definition) is 1. The molecule has 0 saturated carbocycles. The largest absolute Gasteiger partial charge is 0.389 e. The fourth-order valence-corrected chi connectivity index (χ4v) is 2.32. The van der Waals surface area contributed by atoms with E-state index in [0.29, 0.717) is 4.99 Å². The van der Waals surface area contributed by atoms with E-state index in [4.69, 9.17) is 18.0 Å². The van der Waals surface area contributed by atoms with Crippen molar-refractivity contribution >= 4 is 34.7 Å². The van der Waals surface area contributed by atoms with Crippen molar-refractivity contribution in [2.24, 2.45) is 5.73 Å². The molecular formula is C13H20N2S2. The summed E-state index contributed by atoms with van der Waals surface area (Å²) in [4.78, 5) is 2.72. The number of rotatable bonds is 7. The monoisotopic (exact) mass is 268 g/mol. The van der Waals surface area contributed by atoms with Gasteiger partial charge < -0.3 is 10.6 Å². The van der Waals surface area contributed by atoms with Crippen LogP contribution >= 0.6 is 24.0 Å². The molecular weight excluding hydrogens is 248 g/mol. The third kappa shape index (κ3) is 4.96. The second-order valence-electron chi connectivity index (χ2n) is 3.88. The maximum Gasteiger partial charge on any atom is 0.103 e. The average Bonchev–Trinajstić information content (AvgIpc) is 2.34. The summed E-state index contributed by atoms with van der Waals surface area (Å²) in [7, 11) is 2.12. The summed E-state index contributed by atoms with van der Waals surface area (Å²) >= 11 is 6.92. The van der Waals surface area contributed by atoms with Crippen molar-refractivity contribution in [3.63, 3.8) is 0 Å². The fourth-order valence-electron chi connectivity index (χ4n) is 1.56. The van der Waals surface area contributed by atoms with Crippen LogP contribution in [0.2, 0.25) is 0 Å². The van der Waals surface area contributed by atoms with E-state index in [1.165, 1.54) is 23.6 Å². The van der Waals surface area contributed by atoms with Gasteiger partial charge in [0.15, 0.2) is 0 Å². The van der Waals surface area contributed by atoms with Crippen molar-refractivity contribution < 1.29 is 0 Å². The molecule has 0 atom stereocenters. The molecule has 0 bridgehead atoms. The number of thiocarbonyl (C=S) groups is 1. The second-order valence-corrected chi connectivity index (χ2v) is 5.72. The van der Waals surface area contributed by atoms with E-state index in [9.17, 15) is 0 Å². The summed E-state index contributed by atoms with van der Waals surface area (Å²) in [6, 6.07) is 8.10. The quantitative estimate of drug-likeness (QED) is 0.608. The van der Waals surface area contributed by atoms with Crippen molar-refractivity contribution in [1.82, 2.24) is 0 Å². The highest BCUT2D eigenvalue weighted by Gasteiger charge is 2.01. The van der Waals surface area contributed by atoms with Crippen LogP contribution in [0.3, 0.4) is 0 Å². The Bertz CT molecular complexity index is 349. The highest BCUT2D eigenvalue weighted by molar-refractivity contribution is 7.99. The molecule has 4 heteroatoms. The molecule has 0 spiro atoms. The van der Waals surface area contributed by atoms with Crippen molar-refractivity contribution in [2.75, 3.05) is 30.0 Å². The van der Waals surface area contributed by atoms with Gasteiger partial charge in [0, 0.05) is 24.8 Å². The predicted octanol–water partition coefficient (Wildman–Crippen LogP) is 2.90. The van der Waals surface area contributed by atoms with Crippen LogP contribution in [0.5, 0.6) is 0 Å². The van der Waals surface area contributed by atoms with Gasteiger partial charge in [-0.1, -0.05) is 19.1 Å². The molecule has 0 aliphatic rings. The third-order valence-electron chi connectivity index (χ3n) is 2.58. The van der Waals surface area contributed by atoms with Crippen LogP contribution in [-0.4, -0.2) is 30.1 Å². The van der Waals surface area contributed by atoms with E-state index in [0.717, 1.165) is 12.1 Å². The number of benzene rings is 1. The fraction of sp³-hybridized carbons (Fsp3) is 0.462. The van der Waals surface area contributed by atoms with Crippen LogP contribution in [0, 0.1) is 0 Å². The Hall–Kier alpha value is -0.740. The minimum absolute atomic E-state index is 0.457. The van der Waals surface area contributed by atoms with Crippen LogP contribution in [0.4, 0.5) is 5.69 Å². The van der Waals surface area contributed by atoms with Crippen LogP contribution in [0.1, 0.15) is 18.9 Å². The summed E-state index contributed by atoms with van der Waals surface area (Å²) in [5.74, 6) is 2.43. The molecule has 0 unspecified atom stereocenters. The molecule has 1 aromatic carbocycles. The first-order valence-corrected chi connectivity index (χ1v) is 7.40. The van der Waals surface area contributed by atoms with Crippen LogP contribution in [0.15, 0.2) is 24.3 Å². The summed E-state index contributed by atoms with van der Waals surface area (Å²) in [6.07, 6.45) is 1.21. The zero-order chi connectivity index (χ0) is 12.7. The Kier molecular flexibility index (Phi) is 6.37. The molecule has 0 amide bonds. The molecule has 0 aliphatic carbocycles. The summed E-state index contributed by atoms with van der Waals surface area (Å²) in [5.41, 5.74) is 7.71. The molecule has 0 aliphatic heterocycles. The molecule has 1 aromatic rings. The van der Waals surface area contributed by atoms with Gasteiger partial charge in [-0.05, 0) is 42.2 Å². The third-order valence-corrected chi connectivity index (χ3v) is 3.80. The zero-order valence-corrected chi connectivity index (χ0v) is 12.1. The number of nitrogens with two attached hydrogens (primary N) is 1. The number of anilines is 1. The van der Waals surface area contributed by atoms with E-state index >= 15 is 0 Å². The topological polar surface area (TPSA) is 29.3 Å². The molecule has 0 heterocycles. The maximum absolute atomic E-state index is 5.57. The minimum Gasteiger partial charge on any atom is -0.389 e. The molecule has 0 fully saturated rings. The zero-order valence-electron chi connectivity index (χ0n) is 10.5. The Morgan fingerprint density at radius 2 is 2.00 bits per heavy atom. The van der Waals surface area contributed by atoms with Crippen molar-refractivity contribution in [3.05, 3.63) is 29.8 Å². The lowest BCUT2D eigenvalue weighted by atomic mass is 10.2. The molecule has 0 radical (unpaired) electrons. The Labute approximate surface area is 114 Å². The Morgan fingerprint density at radius 3 is 2.53 bits per heavy atom. The Morgan fingerprint density at radius 1 is 1.35 bits per heavy atom. The van der Waals surface area contributed by atoms with Crippen molar-refractivity contribution in [2.45, 2.75) is 13.3 Å². The van der Waals surface area contributed by atoms with Gasteiger partial charge in [0.2, 0.25) is 0 Å². The van der Waals surface area contributed by atoms with Gasteiger partial charge in [-0.2, -0.15) is 11.8 Å². The van der Waals surface area contributed by atoms with Gasteiger partial charge in [0.05, 0.1) is 0 Å². The van der Waals surface area contributed by atoms with E-state index < -0.39 is 0 Å². The number of nitrogens with zero attached hydrogens (tertiary/aromatic N) is 1. The minimum atomic E-state index is 0.457. The van der Waals surface area contributed by atoms with Crippen molar-refractivity contribution in [3.8, 4) is 0 Å². The lowest BCUT2D eigenvalue weighted by Crippen LogP contribution is -2.19. The van der Waals surface area contributed by atoms with Gasteiger partial charge in [-0.15, -0.1) is 0 Å². The van der Waals surface area contributed by atoms with E-state index in [1.807, 2.05) is 23.9 Å². The summed E-state index contributed by atoms with van der Waals surface area (Å²) < 4.78 is 0. The average molecular weight is 268 g/mol. The standard InChI is InChI=1S/C13H20N2S2/c1-3-17-10-4-9-15(2)12-7-5-11(6-8-12)13(14)16/h5-8H,3-4,9-10H2,1-2H3,(H2,14,16). The van der Waals surface area contributed by atoms with Gasteiger partial charge >= 0.3 is 0 Å². The molecule has 0 saturated heterocycles. The SMILES string of the molecule is CCSCCCN(C)c1ccc(C(N)=S)cc1. The number of hydrogen-bond acceptors (Lipinski definition) is 3. The summed E-state index contributed by atoms with van der Waals surface area (Å²) in [6.45, 7) is 3.28. The first kappa shape index (κ1) is 14.3. The smallest absolute Gasteiger partial charge is 0.103 e. The molecule has 17 heavy (non-hydrogen) atoms. The van der Waals surface area contributed by atoms with Crippen LogP contribution < -0.4 is 10.6 Å². The van der Waals surface area contributed by atoms with Gasteiger partial charge in [-0.25, -0.2) is 0 Å². The van der Waals surface area contributed by atoms with Crippen LogP contribution in [-0.2, 0) is 0 Å². The maximum atomic E-state index is 5.57. The predicted molar refractivity (Wildman–Crippen MR) is 83.2 cm³/mol. The first-order chi connectivity index (χ1) is 8.15. The molecule has 0 aromatic heterocycles. The van der Waals surface area contributed by atoms with E-state index in [1.54, 1.807) is 0 Å². The lowest BCUT2D eigenvalue weighted by molar-refractivity contribution is 0.859. The number of thioether (sulfide) groups is 1. The van der Waals surface area contributed by atoms with E-state index in [2.05, 4.69) is 31.0 Å². The summed E-state index contributed by atoms with van der Waals surface area (Å²) in [5, 5.41) is 0. The second kappa shape index (κ2) is 7.56. The van der Waals surface area contributed by atoms with Crippen LogP contribution in [0.25, 0.3) is 0 Å². The molecule has 2 nitrogen and oxygen atoms in total. The first-order valence-electron chi connectivity index (χ1n) is 5.84. The van der Waals surface area contributed by atoms with Gasteiger partial charge in [-0.3, -0.25) is 0 Å². The highest BCUT2D eigenvalue weighted by Crippen LogP contribution is 2.14. The van der Waals surface area contributed by atoms with E-state index in [-0.39, 0.29) is 0 Å². The van der Waals surface area contributed by atoms with Gasteiger partial charge in [0.25, 0.3) is 0 Å². The Balaban J connectivity index is 2.46. The highest BCUT2D eigenvalue weighted by atomic mass is 32.2. The normalized spacial score (nSPS) is 10.2. The molecule has 1 rings (SSSR count). The van der Waals surface area contributed by atoms with Gasteiger partial charge in [0.1, 0.15) is 4.99 Å². The molecule has 94 valence electrons. The molecule has 2 N–H and O–H groups in total.